The number of benzene rings is 2. The van der Waals surface area contributed by atoms with Gasteiger partial charge in [-0.25, -0.2) is 0 Å². The molecular weight excluding hydrogens is 706 g/mol. The van der Waals surface area contributed by atoms with E-state index in [2.05, 4.69) is 5.32 Å². The molecule has 13 heteroatoms. The van der Waals surface area contributed by atoms with Gasteiger partial charge in [0, 0.05) is 50.9 Å². The number of imide groups is 1. The van der Waals surface area contributed by atoms with Crippen molar-refractivity contribution in [1.29, 1.82) is 0 Å². The van der Waals surface area contributed by atoms with Crippen LogP contribution in [0.2, 0.25) is 0 Å². The van der Waals surface area contributed by atoms with Gasteiger partial charge in [0.25, 0.3) is 11.8 Å². The van der Waals surface area contributed by atoms with Crippen molar-refractivity contribution in [3.05, 3.63) is 77.4 Å². The maximum atomic E-state index is 14.1. The van der Waals surface area contributed by atoms with Gasteiger partial charge in [-0.15, -0.1) is 0 Å². The number of nitrogens with two attached hydrogens (primary N) is 1. The third-order valence-electron chi connectivity index (χ3n) is 9.25. The molecule has 13 nitrogen and oxygen atoms in total. The number of nitrogens with zero attached hydrogens (tertiary/aromatic N) is 1. The normalized spacial score (nSPS) is 14.4. The lowest BCUT2D eigenvalue weighted by Gasteiger charge is -2.29. The van der Waals surface area contributed by atoms with Crippen LogP contribution in [0.1, 0.15) is 83.4 Å². The molecule has 0 saturated heterocycles. The van der Waals surface area contributed by atoms with Gasteiger partial charge in [0.2, 0.25) is 11.8 Å². The zero-order chi connectivity index (χ0) is 40.7. The van der Waals surface area contributed by atoms with Crippen LogP contribution in [-0.4, -0.2) is 78.5 Å². The fraction of sp³-hybridized carbons (Fsp3) is 0.500. The first-order chi connectivity index (χ1) is 26.0. The molecule has 0 spiro atoms. The van der Waals surface area contributed by atoms with Crippen molar-refractivity contribution >= 4 is 41.2 Å². The maximum Gasteiger partial charge on any atom is 0.311 e. The van der Waals surface area contributed by atoms with Gasteiger partial charge < -0.3 is 25.3 Å². The molecule has 2 aromatic rings. The smallest absolute Gasteiger partial charge is 0.311 e. The third-order valence-corrected chi connectivity index (χ3v) is 9.25. The van der Waals surface area contributed by atoms with Gasteiger partial charge in [-0.2, -0.15) is 0 Å². The molecule has 55 heavy (non-hydrogen) atoms. The molecule has 0 aromatic heterocycles. The van der Waals surface area contributed by atoms with Crippen molar-refractivity contribution in [2.45, 2.75) is 98.3 Å². The van der Waals surface area contributed by atoms with Crippen LogP contribution in [0.3, 0.4) is 0 Å². The van der Waals surface area contributed by atoms with Crippen molar-refractivity contribution in [2.75, 3.05) is 20.3 Å². The van der Waals surface area contributed by atoms with Crippen LogP contribution < -0.4 is 15.8 Å². The van der Waals surface area contributed by atoms with Gasteiger partial charge in [-0.1, -0.05) is 56.7 Å². The molecular formula is C42H55N3O10. The van der Waals surface area contributed by atoms with Gasteiger partial charge in [0.05, 0.1) is 18.1 Å². The van der Waals surface area contributed by atoms with Crippen LogP contribution >= 0.6 is 0 Å². The zero-order valence-electron chi connectivity index (χ0n) is 32.8. The fourth-order valence-electron chi connectivity index (χ4n) is 5.92. The number of carbonyl (C=O) groups excluding carboxylic acids is 7. The number of methoxy groups -OCH3 is 1. The van der Waals surface area contributed by atoms with Crippen molar-refractivity contribution in [1.82, 2.24) is 10.2 Å². The number of carbonyl (C=O) groups is 7. The summed E-state index contributed by atoms with van der Waals surface area (Å²) in [6, 6.07) is 11.9. The Hall–Kier alpha value is -5.17. The molecule has 4 amide bonds. The predicted octanol–water partition coefficient (Wildman–Crippen LogP) is 4.21. The van der Waals surface area contributed by atoms with E-state index in [1.807, 2.05) is 0 Å². The van der Waals surface area contributed by atoms with Crippen molar-refractivity contribution < 1.29 is 47.8 Å². The molecule has 3 rings (SSSR count). The average molecular weight is 762 g/mol. The molecule has 0 saturated carbocycles. The van der Waals surface area contributed by atoms with Crippen molar-refractivity contribution in [2.24, 2.45) is 23.0 Å². The lowest BCUT2D eigenvalue weighted by atomic mass is 9.86. The van der Waals surface area contributed by atoms with Crippen molar-refractivity contribution in [3.8, 4) is 5.75 Å². The topological polar surface area (TPSA) is 188 Å². The van der Waals surface area contributed by atoms with E-state index < -0.39 is 52.8 Å². The van der Waals surface area contributed by atoms with E-state index in [4.69, 9.17) is 19.9 Å². The summed E-state index contributed by atoms with van der Waals surface area (Å²) in [6.45, 7) is 9.72. The molecule has 0 bridgehead atoms. The van der Waals surface area contributed by atoms with Crippen LogP contribution in [-0.2, 0) is 62.5 Å². The monoisotopic (exact) mass is 761 g/mol. The molecule has 298 valence electrons. The van der Waals surface area contributed by atoms with Gasteiger partial charge in [-0.05, 0) is 68.4 Å². The standard InChI is InChI=1S/C42H55N3O10/c1-27(2)32(25-36(47)34(45-38(49)19-20-39(45)50)23-28-15-17-31(18-16-28)54-22-21-53-6)40(51)44-33(9-7-8-10-37(43)48)35(46)24-29-11-13-30(14-12-29)26-55-41(52)42(3,4)5/h11-20,27,32-34H,7-10,21-26H2,1-6H3,(H2,43,48)(H,44,51)/t32-,33-,34-/m0/s1. The van der Waals surface area contributed by atoms with Crippen molar-refractivity contribution in [3.63, 3.8) is 0 Å². The summed E-state index contributed by atoms with van der Waals surface area (Å²) in [7, 11) is 1.57. The highest BCUT2D eigenvalue weighted by atomic mass is 16.5. The lowest BCUT2D eigenvalue weighted by molar-refractivity contribution is -0.154. The second-order valence-corrected chi connectivity index (χ2v) is 15.2. The van der Waals surface area contributed by atoms with E-state index in [-0.39, 0.29) is 56.4 Å². The first-order valence-electron chi connectivity index (χ1n) is 18.6. The number of rotatable bonds is 23. The average Bonchev–Trinajstić information content (AvgIpc) is 3.46. The minimum Gasteiger partial charge on any atom is -0.491 e. The largest absolute Gasteiger partial charge is 0.491 e. The summed E-state index contributed by atoms with van der Waals surface area (Å²) in [5.41, 5.74) is 6.80. The second kappa shape index (κ2) is 21.1. The zero-order valence-corrected chi connectivity index (χ0v) is 32.8. The minimum absolute atomic E-state index is 0.00142. The molecule has 1 heterocycles. The number of hydrogen-bond donors (Lipinski definition) is 2. The molecule has 3 atom stereocenters. The Morgan fingerprint density at radius 3 is 1.98 bits per heavy atom. The number of ether oxygens (including phenoxy) is 3. The quantitative estimate of drug-likeness (QED) is 0.0944. The van der Waals surface area contributed by atoms with Crippen LogP contribution in [0.15, 0.2) is 60.7 Å². The third kappa shape index (κ3) is 14.2. The van der Waals surface area contributed by atoms with Crippen LogP contribution in [0, 0.1) is 17.3 Å². The number of hydrogen-bond acceptors (Lipinski definition) is 10. The second-order valence-electron chi connectivity index (χ2n) is 15.2. The summed E-state index contributed by atoms with van der Waals surface area (Å²) in [6.07, 6.45) is 3.22. The highest BCUT2D eigenvalue weighted by Gasteiger charge is 2.38. The molecule has 0 aliphatic carbocycles. The number of ketones is 2. The summed E-state index contributed by atoms with van der Waals surface area (Å²) in [5, 5.41) is 2.88. The summed E-state index contributed by atoms with van der Waals surface area (Å²) in [4.78, 5) is 91.7. The molecule has 3 N–H and O–H groups in total. The van der Waals surface area contributed by atoms with E-state index in [0.29, 0.717) is 42.9 Å². The highest BCUT2D eigenvalue weighted by Crippen LogP contribution is 2.24. The Morgan fingerprint density at radius 2 is 1.42 bits per heavy atom. The minimum atomic E-state index is -1.17. The summed E-state index contributed by atoms with van der Waals surface area (Å²) >= 11 is 0. The molecule has 2 aromatic carbocycles. The van der Waals surface area contributed by atoms with Crippen LogP contribution in [0.5, 0.6) is 5.75 Å². The Bertz CT molecular complexity index is 1680. The Balaban J connectivity index is 1.76. The highest BCUT2D eigenvalue weighted by molar-refractivity contribution is 6.15. The van der Waals surface area contributed by atoms with E-state index >= 15 is 0 Å². The summed E-state index contributed by atoms with van der Waals surface area (Å²) < 4.78 is 16.0. The first-order valence-corrected chi connectivity index (χ1v) is 18.6. The SMILES string of the molecule is COCCOc1ccc(C[C@@H](C(=O)C[C@H](C(=O)N[C@@H](CCCCC(N)=O)C(=O)Cc2ccc(COC(=O)C(C)(C)C)cc2)C(C)C)N2C(=O)C=CC2=O)cc1. The van der Waals surface area contributed by atoms with E-state index in [9.17, 15) is 33.6 Å². The Labute approximate surface area is 323 Å². The number of Topliss-reactive ketones (excluding diaryl/α,β-unsaturated/α-hetero) is 2. The fourth-order valence-corrected chi connectivity index (χ4v) is 5.92. The number of unbranched alkanes of at least 4 members (excludes halogenated alkanes) is 1. The molecule has 1 aliphatic heterocycles. The number of nitrogens with one attached hydrogen (secondary N) is 1. The van der Waals surface area contributed by atoms with E-state index in [1.165, 1.54) is 0 Å². The lowest BCUT2D eigenvalue weighted by Crippen LogP contribution is -2.49. The predicted molar refractivity (Wildman–Crippen MR) is 204 cm³/mol. The van der Waals surface area contributed by atoms with Crippen LogP contribution in [0.4, 0.5) is 0 Å². The van der Waals surface area contributed by atoms with Crippen LogP contribution in [0.25, 0.3) is 0 Å². The van der Waals surface area contributed by atoms with Gasteiger partial charge in [-0.3, -0.25) is 38.5 Å². The van der Waals surface area contributed by atoms with Gasteiger partial charge >= 0.3 is 5.97 Å². The van der Waals surface area contributed by atoms with E-state index in [0.717, 1.165) is 22.6 Å². The molecule has 0 unspecified atom stereocenters. The van der Waals surface area contributed by atoms with Gasteiger partial charge in [0.1, 0.15) is 25.0 Å². The Morgan fingerprint density at radius 1 is 0.818 bits per heavy atom. The molecule has 0 radical (unpaired) electrons. The molecule has 1 aliphatic rings. The molecule has 0 fully saturated rings. The maximum absolute atomic E-state index is 14.1. The van der Waals surface area contributed by atoms with E-state index in [1.54, 1.807) is 90.3 Å². The Kier molecular flexibility index (Phi) is 16.9. The first kappa shape index (κ1) is 44.2. The summed E-state index contributed by atoms with van der Waals surface area (Å²) in [5.74, 6) is -3.93. The number of amides is 4. The number of esters is 1. The number of primary amides is 1. The van der Waals surface area contributed by atoms with Gasteiger partial charge in [0.15, 0.2) is 11.6 Å².